The average molecular weight is 226 g/mol. The molecule has 1 rings (SSSR count). The minimum atomic E-state index is 0.211. The van der Waals surface area contributed by atoms with Crippen molar-refractivity contribution in [3.05, 3.63) is 33.4 Å². The highest BCUT2D eigenvalue weighted by atomic mass is 35.5. The van der Waals surface area contributed by atoms with Crippen LogP contribution in [0.2, 0.25) is 5.15 Å². The Morgan fingerprint density at radius 1 is 1.73 bits per heavy atom. The maximum atomic E-state index is 8.33. The molecule has 1 aromatic heterocycles. The number of oxime groups is 1. The summed E-state index contributed by atoms with van der Waals surface area (Å²) in [6.45, 7) is 2.25. The minimum absolute atomic E-state index is 0.211. The summed E-state index contributed by atoms with van der Waals surface area (Å²) in [4.78, 5) is 11.3. The average Bonchev–Trinajstić information content (AvgIpc) is 2.23. The molecule has 0 saturated heterocycles. The molecule has 0 aliphatic carbocycles. The molecule has 0 aliphatic rings. The smallest absolute Gasteiger partial charge is 0.138 e. The van der Waals surface area contributed by atoms with Gasteiger partial charge in [0, 0.05) is 16.7 Å². The van der Waals surface area contributed by atoms with Gasteiger partial charge in [0.25, 0.3) is 0 Å². The molecule has 1 heterocycles. The van der Waals surface area contributed by atoms with E-state index in [1.165, 1.54) is 12.4 Å². The summed E-state index contributed by atoms with van der Waals surface area (Å²) in [6, 6.07) is 1.54. The lowest BCUT2D eigenvalue weighted by atomic mass is 10.2. The van der Waals surface area contributed by atoms with Gasteiger partial charge in [-0.05, 0) is 18.5 Å². The molecule has 15 heavy (non-hydrogen) atoms. The third-order valence-corrected chi connectivity index (χ3v) is 1.76. The third kappa shape index (κ3) is 3.12. The number of aromatic nitrogens is 1. The van der Waals surface area contributed by atoms with Crippen LogP contribution in [0.4, 0.5) is 5.69 Å². The van der Waals surface area contributed by atoms with Crippen LogP contribution >= 0.6 is 11.6 Å². The van der Waals surface area contributed by atoms with Crippen molar-refractivity contribution in [3.63, 3.8) is 0 Å². The molecule has 1 aromatic rings. The Labute approximate surface area is 91.1 Å². The number of rotatable bonds is 4. The van der Waals surface area contributed by atoms with Gasteiger partial charge in [0.05, 0.1) is 11.9 Å². The Morgan fingerprint density at radius 3 is 3.20 bits per heavy atom. The highest BCUT2D eigenvalue weighted by Gasteiger charge is 2.04. The Balaban J connectivity index is 3.07. The molecule has 0 spiro atoms. The Bertz CT molecular complexity index is 413. The molecule has 6 nitrogen and oxygen atoms in total. The first-order chi connectivity index (χ1) is 7.29. The molecular formula is C8H8ClN5O. The van der Waals surface area contributed by atoms with Crippen LogP contribution in [0, 0.1) is 0 Å². The van der Waals surface area contributed by atoms with Crippen molar-refractivity contribution in [2.45, 2.75) is 6.92 Å². The Hall–Kier alpha value is -1.78. The van der Waals surface area contributed by atoms with Gasteiger partial charge in [0.15, 0.2) is 0 Å². The zero-order valence-electron chi connectivity index (χ0n) is 7.96. The fourth-order valence-electron chi connectivity index (χ4n) is 0.858. The van der Waals surface area contributed by atoms with Crippen LogP contribution < -0.4 is 0 Å². The first-order valence-electron chi connectivity index (χ1n) is 4.14. The molecule has 78 valence electrons. The fraction of sp³-hybridized carbons (Fsp3) is 0.250. The second-order valence-electron chi connectivity index (χ2n) is 2.38. The molecule has 0 amide bonds. The van der Waals surface area contributed by atoms with Crippen molar-refractivity contribution in [2.75, 3.05) is 6.61 Å². The predicted octanol–water partition coefficient (Wildman–Crippen LogP) is 3.05. The number of halogens is 1. The number of hydrogen-bond donors (Lipinski definition) is 0. The summed E-state index contributed by atoms with van der Waals surface area (Å²) in [7, 11) is 0. The van der Waals surface area contributed by atoms with Crippen molar-refractivity contribution < 1.29 is 4.84 Å². The highest BCUT2D eigenvalue weighted by Crippen LogP contribution is 2.22. The van der Waals surface area contributed by atoms with Crippen LogP contribution in [0.15, 0.2) is 22.5 Å². The lowest BCUT2D eigenvalue weighted by Crippen LogP contribution is -1.89. The molecule has 0 N–H and O–H groups in total. The largest absolute Gasteiger partial charge is 0.396 e. The van der Waals surface area contributed by atoms with Crippen LogP contribution in [-0.2, 0) is 4.84 Å². The van der Waals surface area contributed by atoms with E-state index >= 15 is 0 Å². The Kier molecular flexibility index (Phi) is 4.40. The van der Waals surface area contributed by atoms with E-state index in [-0.39, 0.29) is 5.15 Å². The van der Waals surface area contributed by atoms with Crippen LogP contribution in [0.5, 0.6) is 0 Å². The van der Waals surface area contributed by atoms with Gasteiger partial charge in [-0.1, -0.05) is 21.9 Å². The van der Waals surface area contributed by atoms with Gasteiger partial charge in [-0.3, -0.25) is 0 Å². The molecule has 7 heteroatoms. The lowest BCUT2D eigenvalue weighted by Gasteiger charge is -2.00. The maximum absolute atomic E-state index is 8.33. The summed E-state index contributed by atoms with van der Waals surface area (Å²) in [5.41, 5.74) is 9.12. The lowest BCUT2D eigenvalue weighted by molar-refractivity contribution is 0.160. The second kappa shape index (κ2) is 5.85. The van der Waals surface area contributed by atoms with Crippen LogP contribution in [0.3, 0.4) is 0 Å². The first kappa shape index (κ1) is 11.3. The minimum Gasteiger partial charge on any atom is -0.396 e. The Morgan fingerprint density at radius 2 is 2.53 bits per heavy atom. The maximum Gasteiger partial charge on any atom is 0.138 e. The number of hydrogen-bond acceptors (Lipinski definition) is 4. The SMILES string of the molecule is CCON=Cc1c(N=[N+]=[N-])ccnc1Cl. The molecule has 0 aliphatic heterocycles. The molecule has 0 unspecified atom stereocenters. The topological polar surface area (TPSA) is 83.2 Å². The molecule has 0 fully saturated rings. The summed E-state index contributed by atoms with van der Waals surface area (Å²) < 4.78 is 0. The summed E-state index contributed by atoms with van der Waals surface area (Å²) in [5, 5.41) is 7.30. The van der Waals surface area contributed by atoms with Crippen LogP contribution in [0.25, 0.3) is 10.4 Å². The molecule has 0 saturated carbocycles. The van der Waals surface area contributed by atoms with Crippen molar-refractivity contribution in [1.82, 2.24) is 4.98 Å². The number of pyridine rings is 1. The zero-order valence-corrected chi connectivity index (χ0v) is 8.72. The van der Waals surface area contributed by atoms with Gasteiger partial charge >= 0.3 is 0 Å². The van der Waals surface area contributed by atoms with E-state index in [9.17, 15) is 0 Å². The van der Waals surface area contributed by atoms with E-state index in [0.717, 1.165) is 0 Å². The van der Waals surface area contributed by atoms with Crippen molar-refractivity contribution >= 4 is 23.5 Å². The highest BCUT2D eigenvalue weighted by molar-refractivity contribution is 6.32. The first-order valence-corrected chi connectivity index (χ1v) is 4.52. The number of nitrogens with zero attached hydrogens (tertiary/aromatic N) is 5. The van der Waals surface area contributed by atoms with Gasteiger partial charge < -0.3 is 4.84 Å². The molecule has 0 aromatic carbocycles. The monoisotopic (exact) mass is 225 g/mol. The quantitative estimate of drug-likeness (QED) is 0.197. The molecule has 0 bridgehead atoms. The van der Waals surface area contributed by atoms with E-state index in [1.807, 2.05) is 0 Å². The van der Waals surface area contributed by atoms with Crippen molar-refractivity contribution in [1.29, 1.82) is 0 Å². The summed E-state index contributed by atoms with van der Waals surface area (Å²) in [6.07, 6.45) is 2.81. The van der Waals surface area contributed by atoms with Gasteiger partial charge in [-0.25, -0.2) is 4.98 Å². The number of azide groups is 1. The van der Waals surface area contributed by atoms with E-state index in [1.54, 1.807) is 13.0 Å². The normalized spacial score (nSPS) is 10.0. The van der Waals surface area contributed by atoms with Crippen molar-refractivity contribution in [3.8, 4) is 0 Å². The van der Waals surface area contributed by atoms with Gasteiger partial charge in [-0.2, -0.15) is 0 Å². The van der Waals surface area contributed by atoms with Crippen LogP contribution in [0.1, 0.15) is 12.5 Å². The summed E-state index contributed by atoms with van der Waals surface area (Å²) >= 11 is 5.80. The van der Waals surface area contributed by atoms with E-state index in [4.69, 9.17) is 22.0 Å². The van der Waals surface area contributed by atoms with E-state index in [0.29, 0.717) is 17.9 Å². The van der Waals surface area contributed by atoms with Crippen LogP contribution in [-0.4, -0.2) is 17.8 Å². The van der Waals surface area contributed by atoms with Gasteiger partial charge in [0.1, 0.15) is 11.8 Å². The van der Waals surface area contributed by atoms with Gasteiger partial charge in [-0.15, -0.1) is 0 Å². The molecule has 0 atom stereocenters. The molecule has 0 radical (unpaired) electrons. The zero-order chi connectivity index (χ0) is 11.1. The standard InChI is InChI=1S/C8H8ClN5O/c1-2-15-12-5-6-7(13-14-10)3-4-11-8(6)9/h3-5H,2H2,1H3. The third-order valence-electron chi connectivity index (χ3n) is 1.46. The predicted molar refractivity (Wildman–Crippen MR) is 57.3 cm³/mol. The molecular weight excluding hydrogens is 218 g/mol. The summed E-state index contributed by atoms with van der Waals surface area (Å²) in [5.74, 6) is 0. The van der Waals surface area contributed by atoms with E-state index in [2.05, 4.69) is 20.2 Å². The van der Waals surface area contributed by atoms with Gasteiger partial charge in [0.2, 0.25) is 0 Å². The second-order valence-corrected chi connectivity index (χ2v) is 2.73. The van der Waals surface area contributed by atoms with E-state index < -0.39 is 0 Å². The van der Waals surface area contributed by atoms with Crippen molar-refractivity contribution in [2.24, 2.45) is 10.3 Å². The fourth-order valence-corrected chi connectivity index (χ4v) is 1.06.